The van der Waals surface area contributed by atoms with Crippen LogP contribution in [0, 0.1) is 5.41 Å². The molecule has 0 spiro atoms. The first-order valence-electron chi connectivity index (χ1n) is 8.56. The Morgan fingerprint density at radius 3 is 2.65 bits per heavy atom. The van der Waals surface area contributed by atoms with E-state index in [-0.39, 0.29) is 1.43 Å². The van der Waals surface area contributed by atoms with Gasteiger partial charge in [-0.2, -0.15) is 0 Å². The number of hydrogen-bond acceptors (Lipinski definition) is 7. The minimum absolute atomic E-state index is 0. The number of thiocarbonyl (C=S) groups is 1. The maximum Gasteiger partial charge on any atom is 0.166 e. The van der Waals surface area contributed by atoms with Gasteiger partial charge in [-0.05, 0) is 25.1 Å². The maximum atomic E-state index is 9.35. The topological polar surface area (TPSA) is 115 Å². The molecule has 1 aromatic heterocycles. The molecule has 0 amide bonds. The first-order chi connectivity index (χ1) is 12.5. The zero-order valence-electron chi connectivity index (χ0n) is 14.9. The Kier molecular flexibility index (Phi) is 7.61. The lowest BCUT2D eigenvalue weighted by molar-refractivity contribution is 0.245. The molecule has 1 aromatic rings. The molecule has 2 aliphatic heterocycles. The van der Waals surface area contributed by atoms with Crippen molar-refractivity contribution in [3.63, 3.8) is 0 Å². The van der Waals surface area contributed by atoms with E-state index in [1.54, 1.807) is 30.9 Å². The number of aromatic nitrogens is 2. The average Bonchev–Trinajstić information content (AvgIpc) is 2.69. The molecule has 8 nitrogen and oxygen atoms in total. The number of piperazine rings is 1. The summed E-state index contributed by atoms with van der Waals surface area (Å²) >= 11 is 4.93. The van der Waals surface area contributed by atoms with E-state index in [4.69, 9.17) is 23.4 Å². The molecule has 26 heavy (non-hydrogen) atoms. The molecule has 0 radical (unpaired) electrons. The summed E-state index contributed by atoms with van der Waals surface area (Å²) in [6.45, 7) is 5.36. The largest absolute Gasteiger partial charge is 0.386 e. The second kappa shape index (κ2) is 9.93. The van der Waals surface area contributed by atoms with Crippen LogP contribution in [0.3, 0.4) is 0 Å². The molecule has 1 saturated heterocycles. The zero-order valence-corrected chi connectivity index (χ0v) is 15.7. The van der Waals surface area contributed by atoms with Gasteiger partial charge in [0, 0.05) is 46.2 Å². The Balaban J connectivity index is 0.000000273. The molecule has 0 saturated carbocycles. The first-order valence-corrected chi connectivity index (χ1v) is 8.97. The van der Waals surface area contributed by atoms with Crippen molar-refractivity contribution in [3.8, 4) is 0 Å². The summed E-state index contributed by atoms with van der Waals surface area (Å²) < 4.78 is 0. The van der Waals surface area contributed by atoms with Crippen LogP contribution in [-0.2, 0) is 0 Å². The molecule has 3 heterocycles. The lowest BCUT2D eigenvalue weighted by Gasteiger charge is -2.35. The number of nitrogens with two attached hydrogens (primary N) is 1. The SMILES string of the molecule is CCC(=N)C1=NC=CCC1O.NC(=S)N1CCN(c2cnccn2)CC1.[HH]. The van der Waals surface area contributed by atoms with Gasteiger partial charge in [0.25, 0.3) is 0 Å². The second-order valence-corrected chi connectivity index (χ2v) is 6.28. The molecule has 2 aliphatic rings. The van der Waals surface area contributed by atoms with Gasteiger partial charge in [0.15, 0.2) is 5.11 Å². The molecule has 1 unspecified atom stereocenters. The van der Waals surface area contributed by atoms with E-state index in [0.29, 0.717) is 29.4 Å². The molecule has 142 valence electrons. The molecule has 9 heteroatoms. The van der Waals surface area contributed by atoms with E-state index in [1.807, 2.05) is 11.8 Å². The third-order valence-electron chi connectivity index (χ3n) is 4.12. The molecule has 3 rings (SSSR count). The van der Waals surface area contributed by atoms with Crippen molar-refractivity contribution in [1.29, 1.82) is 5.41 Å². The maximum absolute atomic E-state index is 9.35. The van der Waals surface area contributed by atoms with E-state index in [9.17, 15) is 5.11 Å². The number of aliphatic hydroxyl groups excluding tert-OH is 1. The van der Waals surface area contributed by atoms with Gasteiger partial charge in [-0.1, -0.05) is 13.0 Å². The van der Waals surface area contributed by atoms with Gasteiger partial charge in [0.1, 0.15) is 11.9 Å². The normalized spacial score (nSPS) is 19.3. The average molecular weight is 378 g/mol. The van der Waals surface area contributed by atoms with Gasteiger partial charge in [-0.25, -0.2) is 4.98 Å². The third kappa shape index (κ3) is 5.57. The number of aliphatic imine (C=N–C) groups is 1. The van der Waals surface area contributed by atoms with E-state index in [0.717, 1.165) is 32.0 Å². The van der Waals surface area contributed by atoms with Gasteiger partial charge in [0.05, 0.1) is 17.6 Å². The number of rotatable bonds is 3. The molecule has 0 bridgehead atoms. The third-order valence-corrected chi connectivity index (χ3v) is 4.38. The quantitative estimate of drug-likeness (QED) is 0.536. The highest BCUT2D eigenvalue weighted by atomic mass is 32.1. The summed E-state index contributed by atoms with van der Waals surface area (Å²) in [4.78, 5) is 16.4. The summed E-state index contributed by atoms with van der Waals surface area (Å²) in [5.41, 5.74) is 6.52. The first kappa shape index (κ1) is 19.9. The molecule has 0 aromatic carbocycles. The summed E-state index contributed by atoms with van der Waals surface area (Å²) in [6, 6.07) is 0. The van der Waals surface area contributed by atoms with Crippen LogP contribution < -0.4 is 10.6 Å². The van der Waals surface area contributed by atoms with Crippen LogP contribution in [-0.4, -0.2) is 68.8 Å². The number of aliphatic hydroxyl groups is 1. The van der Waals surface area contributed by atoms with Crippen molar-refractivity contribution in [2.75, 3.05) is 31.1 Å². The van der Waals surface area contributed by atoms with Gasteiger partial charge in [-0.15, -0.1) is 0 Å². The Bertz CT molecular complexity index is 675. The van der Waals surface area contributed by atoms with Gasteiger partial charge >= 0.3 is 0 Å². The highest BCUT2D eigenvalue weighted by Crippen LogP contribution is 2.11. The number of nitrogens with one attached hydrogen (secondary N) is 1. The molecule has 1 atom stereocenters. The minimum Gasteiger partial charge on any atom is -0.386 e. The van der Waals surface area contributed by atoms with Gasteiger partial charge in [0.2, 0.25) is 0 Å². The van der Waals surface area contributed by atoms with Crippen molar-refractivity contribution < 1.29 is 6.53 Å². The molecule has 4 N–H and O–H groups in total. The molecular formula is C17H27N7OS. The van der Waals surface area contributed by atoms with Crippen molar-refractivity contribution in [2.45, 2.75) is 25.9 Å². The van der Waals surface area contributed by atoms with Crippen molar-refractivity contribution >= 4 is 34.6 Å². The summed E-state index contributed by atoms with van der Waals surface area (Å²) in [5, 5.41) is 17.3. The van der Waals surface area contributed by atoms with Gasteiger partial charge < -0.3 is 26.0 Å². The number of anilines is 1. The van der Waals surface area contributed by atoms with E-state index in [2.05, 4.69) is 19.9 Å². The second-order valence-electron chi connectivity index (χ2n) is 5.86. The lowest BCUT2D eigenvalue weighted by Crippen LogP contribution is -2.50. The molecule has 1 fully saturated rings. The van der Waals surface area contributed by atoms with E-state index < -0.39 is 6.10 Å². The Morgan fingerprint density at radius 2 is 2.12 bits per heavy atom. The van der Waals surface area contributed by atoms with Crippen LogP contribution in [0.4, 0.5) is 5.82 Å². The fourth-order valence-electron chi connectivity index (χ4n) is 2.59. The van der Waals surface area contributed by atoms with Crippen molar-refractivity contribution in [3.05, 3.63) is 30.9 Å². The van der Waals surface area contributed by atoms with Gasteiger partial charge in [-0.3, -0.25) is 9.98 Å². The fraction of sp³-hybridized carbons (Fsp3) is 0.471. The van der Waals surface area contributed by atoms with Crippen LogP contribution in [0.25, 0.3) is 0 Å². The van der Waals surface area contributed by atoms with Crippen LogP contribution in [0.5, 0.6) is 0 Å². The van der Waals surface area contributed by atoms with Crippen molar-refractivity contribution in [1.82, 2.24) is 14.9 Å². The zero-order chi connectivity index (χ0) is 18.9. The van der Waals surface area contributed by atoms with Crippen LogP contribution in [0.1, 0.15) is 21.2 Å². The lowest BCUT2D eigenvalue weighted by atomic mass is 10.0. The van der Waals surface area contributed by atoms with Crippen LogP contribution in [0.15, 0.2) is 35.9 Å². The number of hydrogen-bond donors (Lipinski definition) is 3. The van der Waals surface area contributed by atoms with E-state index >= 15 is 0 Å². The minimum atomic E-state index is -0.563. The molecular weight excluding hydrogens is 350 g/mol. The fourth-order valence-corrected chi connectivity index (χ4v) is 2.77. The predicted molar refractivity (Wildman–Crippen MR) is 110 cm³/mol. The van der Waals surface area contributed by atoms with Crippen molar-refractivity contribution in [2.24, 2.45) is 10.7 Å². The Hall–Kier alpha value is -2.39. The van der Waals surface area contributed by atoms with Crippen LogP contribution in [0.2, 0.25) is 0 Å². The smallest absolute Gasteiger partial charge is 0.166 e. The summed E-state index contributed by atoms with van der Waals surface area (Å²) in [7, 11) is 0. The molecule has 0 aliphatic carbocycles. The standard InChI is InChI=1S/C9H13N5S.C8H12N2O.H2/c10-9(15)14-5-3-13(4-6-14)8-7-11-1-2-12-8;1-2-6(9)8-7(11)4-3-5-10-8;/h1-2,7H,3-6H2,(H2,10,15);3,5,7,9,11H,2,4H2,1H3;1H. The summed E-state index contributed by atoms with van der Waals surface area (Å²) in [5.74, 6) is 0.917. The summed E-state index contributed by atoms with van der Waals surface area (Å²) in [6.07, 6.45) is 9.25. The monoisotopic (exact) mass is 377 g/mol. The highest BCUT2D eigenvalue weighted by molar-refractivity contribution is 7.80. The highest BCUT2D eigenvalue weighted by Gasteiger charge is 2.18. The van der Waals surface area contributed by atoms with Crippen LogP contribution >= 0.6 is 12.2 Å². The predicted octanol–water partition coefficient (Wildman–Crippen LogP) is 1.22. The Labute approximate surface area is 160 Å². The Morgan fingerprint density at radius 1 is 1.38 bits per heavy atom. The number of nitrogens with zero attached hydrogens (tertiary/aromatic N) is 5. The van der Waals surface area contributed by atoms with E-state index in [1.165, 1.54) is 0 Å².